The molecule has 6 N–H and O–H groups in total. The van der Waals surface area contributed by atoms with Gasteiger partial charge in [0.2, 0.25) is 5.91 Å². The van der Waals surface area contributed by atoms with E-state index in [4.69, 9.17) is 14.2 Å². The summed E-state index contributed by atoms with van der Waals surface area (Å²) in [5.74, 6) is -1.23. The van der Waals surface area contributed by atoms with E-state index in [0.717, 1.165) is 77.0 Å². The Morgan fingerprint density at radius 2 is 0.972 bits per heavy atom. The monoisotopic (exact) mass is 1000 g/mol. The minimum Gasteiger partial charge on any atom is -0.454 e. The van der Waals surface area contributed by atoms with Gasteiger partial charge in [0.15, 0.2) is 12.4 Å². The summed E-state index contributed by atoms with van der Waals surface area (Å²) in [6.07, 6.45) is 48.3. The molecule has 0 spiro atoms. The molecular weight excluding hydrogens is 895 g/mol. The SMILES string of the molecule is CCCCC/C=C\C/C=C\C/C=C\C/C=C\CCCCCC(=O)OC1C(OCC(NC(=O)C(O)CCCCCCCCCCCCCC)C(O)/C=C/CCCCCCCCCCC)OC(CO)C(O)C1O. The summed E-state index contributed by atoms with van der Waals surface area (Å²) in [6, 6.07) is -1.03. The molecule has 1 fully saturated rings. The van der Waals surface area contributed by atoms with Crippen LogP contribution in [0.2, 0.25) is 0 Å². The zero-order valence-electron chi connectivity index (χ0n) is 45.3. The molecular formula is C60H107NO10. The van der Waals surface area contributed by atoms with Crippen LogP contribution >= 0.6 is 0 Å². The van der Waals surface area contributed by atoms with Crippen LogP contribution in [0, 0.1) is 0 Å². The number of carbonyl (C=O) groups is 2. The highest BCUT2D eigenvalue weighted by Gasteiger charge is 2.47. The van der Waals surface area contributed by atoms with E-state index in [1.54, 1.807) is 6.08 Å². The highest BCUT2D eigenvalue weighted by Crippen LogP contribution is 2.26. The van der Waals surface area contributed by atoms with Crippen molar-refractivity contribution in [1.82, 2.24) is 5.32 Å². The summed E-state index contributed by atoms with van der Waals surface area (Å²) >= 11 is 0. The molecule has 11 heteroatoms. The molecule has 0 saturated carbocycles. The van der Waals surface area contributed by atoms with E-state index >= 15 is 0 Å². The zero-order valence-corrected chi connectivity index (χ0v) is 45.3. The van der Waals surface area contributed by atoms with E-state index in [1.165, 1.54) is 122 Å². The second kappa shape index (κ2) is 48.3. The lowest BCUT2D eigenvalue weighted by Crippen LogP contribution is -2.61. The van der Waals surface area contributed by atoms with Gasteiger partial charge in [-0.2, -0.15) is 0 Å². The summed E-state index contributed by atoms with van der Waals surface area (Å²) in [5.41, 5.74) is 0. The largest absolute Gasteiger partial charge is 0.454 e. The number of carbonyl (C=O) groups excluding carboxylic acids is 2. The molecule has 412 valence electrons. The first kappa shape index (κ1) is 66.4. The Labute approximate surface area is 433 Å². The van der Waals surface area contributed by atoms with E-state index < -0.39 is 67.4 Å². The molecule has 71 heavy (non-hydrogen) atoms. The molecule has 0 bridgehead atoms. The van der Waals surface area contributed by atoms with E-state index in [2.05, 4.69) is 74.7 Å². The second-order valence-corrected chi connectivity index (χ2v) is 20.0. The molecule has 1 rings (SSSR count). The zero-order chi connectivity index (χ0) is 51.8. The number of allylic oxidation sites excluding steroid dienone is 9. The van der Waals surface area contributed by atoms with Gasteiger partial charge in [0, 0.05) is 6.42 Å². The van der Waals surface area contributed by atoms with Crippen molar-refractivity contribution in [1.29, 1.82) is 0 Å². The summed E-state index contributed by atoms with van der Waals surface area (Å²) < 4.78 is 17.5. The molecule has 1 saturated heterocycles. The van der Waals surface area contributed by atoms with Crippen LogP contribution in [-0.4, -0.2) is 99.6 Å². The summed E-state index contributed by atoms with van der Waals surface area (Å²) in [4.78, 5) is 26.4. The van der Waals surface area contributed by atoms with Crippen LogP contribution < -0.4 is 5.32 Å². The predicted molar refractivity (Wildman–Crippen MR) is 292 cm³/mol. The number of nitrogens with one attached hydrogen (secondary N) is 1. The molecule has 0 radical (unpaired) electrons. The maximum atomic E-state index is 13.3. The fourth-order valence-electron chi connectivity index (χ4n) is 8.75. The number of ether oxygens (including phenoxy) is 3. The number of hydrogen-bond acceptors (Lipinski definition) is 10. The van der Waals surface area contributed by atoms with Gasteiger partial charge in [0.05, 0.1) is 25.4 Å². The van der Waals surface area contributed by atoms with Gasteiger partial charge in [-0.25, -0.2) is 0 Å². The van der Waals surface area contributed by atoms with Crippen molar-refractivity contribution in [2.24, 2.45) is 0 Å². The van der Waals surface area contributed by atoms with Gasteiger partial charge in [-0.15, -0.1) is 0 Å². The van der Waals surface area contributed by atoms with Crippen molar-refractivity contribution in [3.8, 4) is 0 Å². The van der Waals surface area contributed by atoms with Crippen LogP contribution in [0.3, 0.4) is 0 Å². The second-order valence-electron chi connectivity index (χ2n) is 20.0. The Bertz CT molecular complexity index is 1380. The number of aliphatic hydroxyl groups excluding tert-OH is 5. The van der Waals surface area contributed by atoms with Crippen molar-refractivity contribution in [2.75, 3.05) is 13.2 Å². The van der Waals surface area contributed by atoms with E-state index in [-0.39, 0.29) is 19.4 Å². The molecule has 1 aliphatic heterocycles. The third-order valence-electron chi connectivity index (χ3n) is 13.4. The van der Waals surface area contributed by atoms with Gasteiger partial charge in [-0.05, 0) is 70.6 Å². The normalized spacial score (nSPS) is 20.0. The highest BCUT2D eigenvalue weighted by molar-refractivity contribution is 5.80. The number of aliphatic hydroxyl groups is 5. The highest BCUT2D eigenvalue weighted by atomic mass is 16.7. The first-order chi connectivity index (χ1) is 34.7. The van der Waals surface area contributed by atoms with Gasteiger partial charge in [-0.3, -0.25) is 9.59 Å². The maximum absolute atomic E-state index is 13.3. The lowest BCUT2D eigenvalue weighted by Gasteiger charge is -2.41. The number of esters is 1. The standard InChI is InChI=1S/C60H107NO10/c1-4-7-10-13-16-19-22-24-25-26-27-28-29-30-33-36-39-42-45-48-55(65)71-58-57(67)56(66)54(49-62)70-60(58)69-50-51(52(63)46-43-40-37-34-31-21-18-15-12-9-6-3)61-59(68)53(64)47-44-41-38-35-32-23-20-17-14-11-8-5-2/h16,19,24-25,27-28,30,33,43,46,51-54,56-58,60,62-64,66-67H,4-15,17-18,20-23,26,29,31-32,34-42,44-45,47-50H2,1-3H3,(H,61,68)/b19-16-,25-24-,28-27-,33-30-,46-43+. The lowest BCUT2D eigenvalue weighted by molar-refractivity contribution is -0.305. The van der Waals surface area contributed by atoms with Gasteiger partial charge in [-0.1, -0.05) is 229 Å². The fraction of sp³-hybridized carbons (Fsp3) is 0.800. The molecule has 8 unspecified atom stereocenters. The summed E-state index contributed by atoms with van der Waals surface area (Å²) in [6.45, 7) is 5.72. The maximum Gasteiger partial charge on any atom is 0.306 e. The van der Waals surface area contributed by atoms with Crippen LogP contribution in [0.15, 0.2) is 60.8 Å². The van der Waals surface area contributed by atoms with Crippen molar-refractivity contribution >= 4 is 11.9 Å². The van der Waals surface area contributed by atoms with Crippen molar-refractivity contribution < 1.29 is 49.3 Å². The van der Waals surface area contributed by atoms with Crippen molar-refractivity contribution in [3.05, 3.63) is 60.8 Å². The molecule has 1 heterocycles. The predicted octanol–water partition coefficient (Wildman–Crippen LogP) is 13.1. The molecule has 1 amide bonds. The van der Waals surface area contributed by atoms with Crippen LogP contribution in [0.5, 0.6) is 0 Å². The molecule has 0 aromatic carbocycles. The van der Waals surface area contributed by atoms with Crippen LogP contribution in [-0.2, 0) is 23.8 Å². The van der Waals surface area contributed by atoms with Gasteiger partial charge >= 0.3 is 5.97 Å². The third kappa shape index (κ3) is 36.9. The third-order valence-corrected chi connectivity index (χ3v) is 13.4. The molecule has 8 atom stereocenters. The van der Waals surface area contributed by atoms with Gasteiger partial charge in [0.25, 0.3) is 0 Å². The lowest BCUT2D eigenvalue weighted by atomic mass is 9.99. The van der Waals surface area contributed by atoms with Crippen molar-refractivity contribution in [3.63, 3.8) is 0 Å². The fourth-order valence-corrected chi connectivity index (χ4v) is 8.75. The average Bonchev–Trinajstić information content (AvgIpc) is 3.37. The Morgan fingerprint density at radius 3 is 1.48 bits per heavy atom. The molecule has 1 aliphatic rings. The summed E-state index contributed by atoms with van der Waals surface area (Å²) in [7, 11) is 0. The van der Waals surface area contributed by atoms with Crippen molar-refractivity contribution in [2.45, 2.75) is 294 Å². The van der Waals surface area contributed by atoms with Crippen LogP contribution in [0.4, 0.5) is 0 Å². The number of amides is 1. The Kier molecular flexibility index (Phi) is 45.2. The molecule has 0 aliphatic carbocycles. The average molecular weight is 1000 g/mol. The quantitative estimate of drug-likeness (QED) is 0.0196. The Balaban J connectivity index is 2.72. The molecule has 0 aromatic heterocycles. The van der Waals surface area contributed by atoms with Crippen LogP contribution in [0.1, 0.15) is 245 Å². The number of hydrogen-bond donors (Lipinski definition) is 6. The first-order valence-corrected chi connectivity index (χ1v) is 29.1. The Hall–Kier alpha value is -2.64. The smallest absolute Gasteiger partial charge is 0.306 e. The van der Waals surface area contributed by atoms with E-state index in [0.29, 0.717) is 12.8 Å². The minimum absolute atomic E-state index is 0.0856. The summed E-state index contributed by atoms with van der Waals surface area (Å²) in [5, 5.41) is 56.7. The number of rotatable bonds is 48. The van der Waals surface area contributed by atoms with Crippen LogP contribution in [0.25, 0.3) is 0 Å². The van der Waals surface area contributed by atoms with Gasteiger partial charge < -0.3 is 45.1 Å². The van der Waals surface area contributed by atoms with E-state index in [9.17, 15) is 35.1 Å². The van der Waals surface area contributed by atoms with Gasteiger partial charge in [0.1, 0.15) is 24.4 Å². The molecule has 11 nitrogen and oxygen atoms in total. The minimum atomic E-state index is -1.63. The van der Waals surface area contributed by atoms with E-state index in [1.807, 2.05) is 6.08 Å². The topological polar surface area (TPSA) is 175 Å². The Morgan fingerprint density at radius 1 is 0.549 bits per heavy atom. The number of unbranched alkanes of at least 4 members (excludes halogenated alkanes) is 26. The molecule has 0 aromatic rings. The first-order valence-electron chi connectivity index (χ1n) is 29.1.